The molecule has 0 unspecified atom stereocenters. The average molecular weight is 402 g/mol. The van der Waals surface area contributed by atoms with E-state index in [-0.39, 0.29) is 30.0 Å². The van der Waals surface area contributed by atoms with Gasteiger partial charge in [-0.15, -0.1) is 0 Å². The van der Waals surface area contributed by atoms with Crippen molar-refractivity contribution in [3.63, 3.8) is 0 Å². The maximum atomic E-state index is 13.6. The van der Waals surface area contributed by atoms with Crippen LogP contribution in [-0.2, 0) is 6.42 Å². The summed E-state index contributed by atoms with van der Waals surface area (Å²) in [5, 5.41) is 14.8. The van der Waals surface area contributed by atoms with Crippen molar-refractivity contribution in [1.29, 1.82) is 0 Å². The van der Waals surface area contributed by atoms with Crippen molar-refractivity contribution in [3.05, 3.63) is 77.7 Å². The molecular weight excluding hydrogens is 376 g/mol. The van der Waals surface area contributed by atoms with Crippen LogP contribution in [-0.4, -0.2) is 49.4 Å². The van der Waals surface area contributed by atoms with Gasteiger partial charge in [-0.05, 0) is 50.3 Å². The molecule has 1 N–H and O–H groups in total. The summed E-state index contributed by atoms with van der Waals surface area (Å²) in [4.78, 5) is 20.0. The molecule has 1 aromatic carbocycles. The summed E-state index contributed by atoms with van der Waals surface area (Å²) < 4.78 is 1.72. The smallest absolute Gasteiger partial charge is 0.257 e. The topological polar surface area (TPSA) is 71.2 Å². The van der Waals surface area contributed by atoms with E-state index in [1.165, 1.54) is 5.56 Å². The average Bonchev–Trinajstić information content (AvgIpc) is 3.46. The number of hydrogen-bond donors (Lipinski definition) is 1. The van der Waals surface area contributed by atoms with E-state index >= 15 is 0 Å². The van der Waals surface area contributed by atoms with Crippen LogP contribution in [0.1, 0.15) is 40.9 Å². The quantitative estimate of drug-likeness (QED) is 0.712. The standard InChI is InChI=1S/C24H26N4O2/c1-17-20(15-26-28(17)22-9-5-6-12-25-22)23(30)27-19-10-11-21(27)24(14-19,16-29)13-18-7-3-2-4-8-18/h2-9,12,15,19,21,29H,10-11,13-14,16H2,1H3/t19-,21+,24-/m0/s1. The molecule has 2 saturated heterocycles. The molecular formula is C24H26N4O2. The van der Waals surface area contributed by atoms with Crippen molar-refractivity contribution in [2.45, 2.75) is 44.7 Å². The van der Waals surface area contributed by atoms with E-state index in [1.807, 2.05) is 48.2 Å². The molecule has 2 aliphatic rings. The van der Waals surface area contributed by atoms with Crippen molar-refractivity contribution in [3.8, 4) is 5.82 Å². The Labute approximate surface area is 176 Å². The van der Waals surface area contributed by atoms with Gasteiger partial charge in [-0.25, -0.2) is 9.67 Å². The number of nitrogens with zero attached hydrogens (tertiary/aromatic N) is 4. The van der Waals surface area contributed by atoms with E-state index in [0.29, 0.717) is 11.4 Å². The minimum absolute atomic E-state index is 0.0190. The molecule has 2 bridgehead atoms. The third-order valence-corrected chi connectivity index (χ3v) is 6.91. The molecule has 0 saturated carbocycles. The number of hydrogen-bond acceptors (Lipinski definition) is 4. The molecule has 1 amide bonds. The second-order valence-corrected chi connectivity index (χ2v) is 8.59. The summed E-state index contributed by atoms with van der Waals surface area (Å²) in [5.41, 5.74) is 2.35. The first kappa shape index (κ1) is 19.0. The molecule has 2 aromatic heterocycles. The summed E-state index contributed by atoms with van der Waals surface area (Å²) in [7, 11) is 0. The zero-order valence-electron chi connectivity index (χ0n) is 17.1. The first-order chi connectivity index (χ1) is 14.6. The van der Waals surface area contributed by atoms with Crippen molar-refractivity contribution in [2.75, 3.05) is 6.61 Å². The van der Waals surface area contributed by atoms with Crippen molar-refractivity contribution >= 4 is 5.91 Å². The van der Waals surface area contributed by atoms with E-state index in [9.17, 15) is 9.90 Å². The van der Waals surface area contributed by atoms with E-state index in [1.54, 1.807) is 17.1 Å². The molecule has 2 fully saturated rings. The molecule has 0 spiro atoms. The number of carbonyl (C=O) groups is 1. The minimum atomic E-state index is -0.273. The van der Waals surface area contributed by atoms with Crippen LogP contribution in [0.25, 0.3) is 5.82 Å². The van der Waals surface area contributed by atoms with Gasteiger partial charge in [-0.1, -0.05) is 36.4 Å². The van der Waals surface area contributed by atoms with Crippen LogP contribution in [0.2, 0.25) is 0 Å². The predicted octanol–water partition coefficient (Wildman–Crippen LogP) is 3.17. The SMILES string of the molecule is Cc1c(C(=O)N2[C@H]3CC[C@@H]2[C@@](CO)(Cc2ccccc2)C3)cnn1-c1ccccn1. The Kier molecular flexibility index (Phi) is 4.66. The Morgan fingerprint density at radius 1 is 1.17 bits per heavy atom. The Hall–Kier alpha value is -2.99. The highest BCUT2D eigenvalue weighted by atomic mass is 16.3. The lowest BCUT2D eigenvalue weighted by atomic mass is 9.70. The fourth-order valence-corrected chi connectivity index (χ4v) is 5.48. The van der Waals surface area contributed by atoms with Gasteiger partial charge in [0, 0.05) is 23.7 Å². The molecule has 0 aliphatic carbocycles. The number of rotatable bonds is 5. The van der Waals surface area contributed by atoms with Crippen LogP contribution in [0.3, 0.4) is 0 Å². The summed E-state index contributed by atoms with van der Waals surface area (Å²) in [6.45, 7) is 2.01. The molecule has 6 nitrogen and oxygen atoms in total. The summed E-state index contributed by atoms with van der Waals surface area (Å²) in [5.74, 6) is 0.720. The Morgan fingerprint density at radius 2 is 1.97 bits per heavy atom. The van der Waals surface area contributed by atoms with Gasteiger partial charge in [0.15, 0.2) is 5.82 Å². The largest absolute Gasteiger partial charge is 0.396 e. The first-order valence-electron chi connectivity index (χ1n) is 10.6. The molecule has 2 aliphatic heterocycles. The summed E-state index contributed by atoms with van der Waals surface area (Å²) >= 11 is 0. The summed E-state index contributed by atoms with van der Waals surface area (Å²) in [6.07, 6.45) is 6.96. The molecule has 3 aromatic rings. The van der Waals surface area contributed by atoms with Crippen LogP contribution in [0.5, 0.6) is 0 Å². The van der Waals surface area contributed by atoms with Gasteiger partial charge in [0.1, 0.15) is 0 Å². The van der Waals surface area contributed by atoms with Gasteiger partial charge < -0.3 is 10.0 Å². The number of pyridine rings is 1. The number of aliphatic hydroxyl groups is 1. The van der Waals surface area contributed by atoms with Crippen molar-refractivity contribution in [1.82, 2.24) is 19.7 Å². The number of carbonyl (C=O) groups excluding carboxylic acids is 1. The highest BCUT2D eigenvalue weighted by Crippen LogP contribution is 2.51. The molecule has 5 rings (SSSR count). The fourth-order valence-electron chi connectivity index (χ4n) is 5.48. The van der Waals surface area contributed by atoms with Crippen LogP contribution in [0, 0.1) is 12.3 Å². The third-order valence-electron chi connectivity index (χ3n) is 6.91. The number of fused-ring (bicyclic) bond motifs is 2. The molecule has 6 heteroatoms. The van der Waals surface area contributed by atoms with Crippen LogP contribution >= 0.6 is 0 Å². The van der Waals surface area contributed by atoms with Crippen LogP contribution in [0.15, 0.2) is 60.9 Å². The molecule has 0 radical (unpaired) electrons. The lowest BCUT2D eigenvalue weighted by Crippen LogP contribution is -2.44. The third kappa shape index (κ3) is 2.94. The minimum Gasteiger partial charge on any atom is -0.396 e. The highest BCUT2D eigenvalue weighted by Gasteiger charge is 2.57. The van der Waals surface area contributed by atoms with Crippen LogP contribution < -0.4 is 0 Å². The maximum Gasteiger partial charge on any atom is 0.257 e. The van der Waals surface area contributed by atoms with Gasteiger partial charge >= 0.3 is 0 Å². The Balaban J connectivity index is 1.44. The van der Waals surface area contributed by atoms with E-state index in [2.05, 4.69) is 22.2 Å². The first-order valence-corrected chi connectivity index (χ1v) is 10.6. The van der Waals surface area contributed by atoms with E-state index in [0.717, 1.165) is 31.4 Å². The van der Waals surface area contributed by atoms with Crippen molar-refractivity contribution < 1.29 is 9.90 Å². The second kappa shape index (κ2) is 7.36. The maximum absolute atomic E-state index is 13.6. The Morgan fingerprint density at radius 3 is 2.70 bits per heavy atom. The zero-order chi connectivity index (χ0) is 20.7. The number of aliphatic hydroxyl groups excluding tert-OH is 1. The van der Waals surface area contributed by atoms with Crippen LogP contribution in [0.4, 0.5) is 0 Å². The lowest BCUT2D eigenvalue weighted by Gasteiger charge is -2.36. The number of amides is 1. The van der Waals surface area contributed by atoms with Gasteiger partial charge in [-0.3, -0.25) is 4.79 Å². The second-order valence-electron chi connectivity index (χ2n) is 8.59. The summed E-state index contributed by atoms with van der Waals surface area (Å²) in [6, 6.07) is 16.2. The number of benzene rings is 1. The lowest BCUT2D eigenvalue weighted by molar-refractivity contribution is 0.0570. The molecule has 3 atom stereocenters. The zero-order valence-corrected chi connectivity index (χ0v) is 17.1. The van der Waals surface area contributed by atoms with Gasteiger partial charge in [0.25, 0.3) is 5.91 Å². The molecule has 30 heavy (non-hydrogen) atoms. The normalized spacial score (nSPS) is 25.1. The van der Waals surface area contributed by atoms with E-state index < -0.39 is 0 Å². The Bertz CT molecular complexity index is 1050. The fraction of sp³-hybridized carbons (Fsp3) is 0.375. The van der Waals surface area contributed by atoms with Crippen molar-refractivity contribution in [2.24, 2.45) is 5.41 Å². The van der Waals surface area contributed by atoms with Gasteiger partial charge in [0.05, 0.1) is 24.1 Å². The molecule has 154 valence electrons. The number of aromatic nitrogens is 3. The molecule has 4 heterocycles. The van der Waals surface area contributed by atoms with E-state index in [4.69, 9.17) is 0 Å². The highest BCUT2D eigenvalue weighted by molar-refractivity contribution is 5.96. The van der Waals surface area contributed by atoms with Gasteiger partial charge in [-0.2, -0.15) is 5.10 Å². The predicted molar refractivity (Wildman–Crippen MR) is 113 cm³/mol. The monoisotopic (exact) mass is 402 g/mol. The van der Waals surface area contributed by atoms with Gasteiger partial charge in [0.2, 0.25) is 0 Å².